The molecule has 0 amide bonds. The van der Waals surface area contributed by atoms with E-state index in [1.165, 1.54) is 6.92 Å². The van der Waals surface area contributed by atoms with E-state index >= 15 is 0 Å². The molecule has 0 aromatic carbocycles. The van der Waals surface area contributed by atoms with Crippen LogP contribution in [0.2, 0.25) is 0 Å². The zero-order chi connectivity index (χ0) is 16.3. The standard InChI is InChI=1S/C13H23ClO6S/c1-10(15)18-8-11(19-21(16,17)9-14)13(4)7-5-6-12(2,3)20-13/h11H,5-9H2,1-4H3/t11-,13+/m1/s1. The molecule has 0 saturated carbocycles. The second kappa shape index (κ2) is 6.81. The molecule has 21 heavy (non-hydrogen) atoms. The maximum atomic E-state index is 11.7. The maximum absolute atomic E-state index is 11.7. The molecule has 2 atom stereocenters. The highest BCUT2D eigenvalue weighted by atomic mass is 35.5. The summed E-state index contributed by atoms with van der Waals surface area (Å²) in [5.74, 6) is -0.509. The van der Waals surface area contributed by atoms with E-state index in [-0.39, 0.29) is 6.61 Å². The first-order valence-corrected chi connectivity index (χ1v) is 8.91. The summed E-state index contributed by atoms with van der Waals surface area (Å²) in [4.78, 5) is 11.0. The van der Waals surface area contributed by atoms with Gasteiger partial charge in [-0.3, -0.25) is 8.98 Å². The fraction of sp³-hybridized carbons (Fsp3) is 0.923. The van der Waals surface area contributed by atoms with Crippen molar-refractivity contribution in [3.63, 3.8) is 0 Å². The normalized spacial score (nSPS) is 27.1. The molecule has 6 nitrogen and oxygen atoms in total. The van der Waals surface area contributed by atoms with Gasteiger partial charge in [0.25, 0.3) is 10.1 Å². The van der Waals surface area contributed by atoms with Crippen LogP contribution in [0.4, 0.5) is 0 Å². The Hall–Kier alpha value is -0.370. The highest BCUT2D eigenvalue weighted by Gasteiger charge is 2.46. The molecule has 0 radical (unpaired) electrons. The van der Waals surface area contributed by atoms with Crippen molar-refractivity contribution in [2.75, 3.05) is 11.8 Å². The summed E-state index contributed by atoms with van der Waals surface area (Å²) in [6, 6.07) is 0. The van der Waals surface area contributed by atoms with E-state index in [1.54, 1.807) is 6.92 Å². The summed E-state index contributed by atoms with van der Waals surface area (Å²) in [5.41, 5.74) is -1.26. The van der Waals surface area contributed by atoms with Crippen LogP contribution in [-0.2, 0) is 28.6 Å². The Morgan fingerprint density at radius 3 is 2.43 bits per heavy atom. The number of carbonyl (C=O) groups excluding carboxylic acids is 1. The van der Waals surface area contributed by atoms with Crippen LogP contribution in [-0.4, -0.2) is 43.5 Å². The zero-order valence-electron chi connectivity index (χ0n) is 12.8. The lowest BCUT2D eigenvalue weighted by atomic mass is 9.84. The Morgan fingerprint density at radius 1 is 1.33 bits per heavy atom. The average Bonchev–Trinajstić information content (AvgIpc) is 2.32. The number of hydrogen-bond donors (Lipinski definition) is 0. The minimum absolute atomic E-state index is 0.196. The molecule has 0 aromatic heterocycles. The van der Waals surface area contributed by atoms with Gasteiger partial charge >= 0.3 is 5.97 Å². The van der Waals surface area contributed by atoms with Crippen molar-refractivity contribution < 1.29 is 26.9 Å². The van der Waals surface area contributed by atoms with Gasteiger partial charge in [0.2, 0.25) is 0 Å². The van der Waals surface area contributed by atoms with E-state index in [1.807, 2.05) is 13.8 Å². The van der Waals surface area contributed by atoms with Gasteiger partial charge in [0.15, 0.2) is 0 Å². The van der Waals surface area contributed by atoms with Crippen molar-refractivity contribution in [3.05, 3.63) is 0 Å². The zero-order valence-corrected chi connectivity index (χ0v) is 14.4. The van der Waals surface area contributed by atoms with E-state index in [9.17, 15) is 13.2 Å². The van der Waals surface area contributed by atoms with Gasteiger partial charge in [-0.15, -0.1) is 11.6 Å². The Balaban J connectivity index is 2.95. The van der Waals surface area contributed by atoms with E-state index in [0.717, 1.165) is 12.8 Å². The molecule has 124 valence electrons. The molecule has 1 fully saturated rings. The second-order valence-corrected chi connectivity index (χ2v) is 8.26. The molecule has 8 heteroatoms. The summed E-state index contributed by atoms with van der Waals surface area (Å²) >= 11 is 5.38. The third kappa shape index (κ3) is 5.73. The number of alkyl halides is 1. The van der Waals surface area contributed by atoms with Gasteiger partial charge in [-0.05, 0) is 40.0 Å². The fourth-order valence-electron chi connectivity index (χ4n) is 2.53. The smallest absolute Gasteiger partial charge is 0.302 e. The van der Waals surface area contributed by atoms with Crippen molar-refractivity contribution in [1.82, 2.24) is 0 Å². The lowest BCUT2D eigenvalue weighted by molar-refractivity contribution is -0.210. The molecule has 0 aliphatic carbocycles. The Morgan fingerprint density at radius 2 is 1.95 bits per heavy atom. The van der Waals surface area contributed by atoms with Gasteiger partial charge in [0.1, 0.15) is 17.9 Å². The Labute approximate surface area is 131 Å². The number of rotatable bonds is 6. The van der Waals surface area contributed by atoms with Crippen molar-refractivity contribution in [3.8, 4) is 0 Å². The molecular formula is C13H23ClO6S. The lowest BCUT2D eigenvalue weighted by Crippen LogP contribution is -2.54. The number of halogens is 1. The molecule has 1 aliphatic heterocycles. The minimum Gasteiger partial charge on any atom is -0.463 e. The second-order valence-electron chi connectivity index (χ2n) is 6.08. The fourth-order valence-corrected chi connectivity index (χ4v) is 3.35. The minimum atomic E-state index is -3.90. The first-order chi connectivity index (χ1) is 9.50. The van der Waals surface area contributed by atoms with Crippen molar-refractivity contribution in [2.45, 2.75) is 64.3 Å². The summed E-state index contributed by atoms with van der Waals surface area (Å²) in [7, 11) is -3.90. The molecule has 1 heterocycles. The molecular weight excluding hydrogens is 320 g/mol. The van der Waals surface area contributed by atoms with Gasteiger partial charge in [0.05, 0.1) is 11.2 Å². The first kappa shape index (κ1) is 18.7. The molecule has 1 rings (SSSR count). The summed E-state index contributed by atoms with van der Waals surface area (Å²) in [5, 5.41) is -0.664. The van der Waals surface area contributed by atoms with Crippen LogP contribution >= 0.6 is 11.6 Å². The first-order valence-electron chi connectivity index (χ1n) is 6.80. The predicted octanol–water partition coefficient (Wildman–Crippen LogP) is 2.20. The number of esters is 1. The quantitative estimate of drug-likeness (QED) is 0.418. The van der Waals surface area contributed by atoms with Gasteiger partial charge in [-0.2, -0.15) is 8.42 Å². The summed E-state index contributed by atoms with van der Waals surface area (Å²) in [6.45, 7) is 6.69. The SMILES string of the molecule is CC(=O)OC[C@@H](OS(=O)(=O)CCl)[C@]1(C)CCCC(C)(C)O1. The topological polar surface area (TPSA) is 78.9 Å². The van der Waals surface area contributed by atoms with Crippen LogP contribution < -0.4 is 0 Å². The van der Waals surface area contributed by atoms with Gasteiger partial charge in [-0.1, -0.05) is 0 Å². The molecule has 0 aromatic rings. The molecule has 0 spiro atoms. The molecule has 0 unspecified atom stereocenters. The Kier molecular flexibility index (Phi) is 6.06. The van der Waals surface area contributed by atoms with Crippen LogP contribution in [0.1, 0.15) is 47.0 Å². The number of ether oxygens (including phenoxy) is 2. The summed E-state index contributed by atoms with van der Waals surface area (Å²) < 4.78 is 39.4. The predicted molar refractivity (Wildman–Crippen MR) is 78.6 cm³/mol. The van der Waals surface area contributed by atoms with Crippen molar-refractivity contribution >= 4 is 27.7 Å². The number of carbonyl (C=O) groups is 1. The van der Waals surface area contributed by atoms with E-state index < -0.39 is 38.6 Å². The van der Waals surface area contributed by atoms with E-state index in [0.29, 0.717) is 6.42 Å². The van der Waals surface area contributed by atoms with Crippen LogP contribution in [0, 0.1) is 0 Å². The largest absolute Gasteiger partial charge is 0.463 e. The molecule has 1 aliphatic rings. The Bertz CT molecular complexity index is 475. The molecule has 1 saturated heterocycles. The van der Waals surface area contributed by atoms with Gasteiger partial charge in [-0.25, -0.2) is 0 Å². The maximum Gasteiger partial charge on any atom is 0.302 e. The third-order valence-electron chi connectivity index (χ3n) is 3.48. The van der Waals surface area contributed by atoms with E-state index in [2.05, 4.69) is 0 Å². The third-order valence-corrected chi connectivity index (χ3v) is 5.07. The van der Waals surface area contributed by atoms with Gasteiger partial charge < -0.3 is 9.47 Å². The average molecular weight is 343 g/mol. The van der Waals surface area contributed by atoms with Crippen LogP contribution in [0.25, 0.3) is 0 Å². The van der Waals surface area contributed by atoms with Crippen molar-refractivity contribution in [1.29, 1.82) is 0 Å². The number of hydrogen-bond acceptors (Lipinski definition) is 6. The summed E-state index contributed by atoms with van der Waals surface area (Å²) in [6.07, 6.45) is 1.42. The monoisotopic (exact) mass is 342 g/mol. The van der Waals surface area contributed by atoms with E-state index in [4.69, 9.17) is 25.3 Å². The van der Waals surface area contributed by atoms with Crippen molar-refractivity contribution in [2.24, 2.45) is 0 Å². The molecule has 0 bridgehead atoms. The van der Waals surface area contributed by atoms with Crippen LogP contribution in [0.5, 0.6) is 0 Å². The van der Waals surface area contributed by atoms with Crippen LogP contribution in [0.15, 0.2) is 0 Å². The lowest BCUT2D eigenvalue weighted by Gasteiger charge is -2.46. The highest BCUT2D eigenvalue weighted by Crippen LogP contribution is 2.38. The van der Waals surface area contributed by atoms with Crippen LogP contribution in [0.3, 0.4) is 0 Å². The highest BCUT2D eigenvalue weighted by molar-refractivity contribution is 7.87. The van der Waals surface area contributed by atoms with Gasteiger partial charge in [0, 0.05) is 6.92 Å². The molecule has 0 N–H and O–H groups in total.